The molecule has 0 aromatic heterocycles. The van der Waals surface area contributed by atoms with E-state index in [1.54, 1.807) is 0 Å². The van der Waals surface area contributed by atoms with Crippen molar-refractivity contribution in [2.24, 2.45) is 11.8 Å². The maximum atomic E-state index is 2.37. The molecule has 0 heteroatoms. The van der Waals surface area contributed by atoms with Crippen molar-refractivity contribution in [3.05, 3.63) is 0 Å². The van der Waals surface area contributed by atoms with E-state index in [-0.39, 0.29) is 14.9 Å². The van der Waals surface area contributed by atoms with E-state index in [4.69, 9.17) is 0 Å². The van der Waals surface area contributed by atoms with Gasteiger partial charge in [-0.15, -0.1) is 0 Å². The summed E-state index contributed by atoms with van der Waals surface area (Å²) in [5.74, 6) is 1.84. The molecule has 0 bridgehead atoms. The molecule has 0 amide bonds. The van der Waals surface area contributed by atoms with E-state index in [0.29, 0.717) is 0 Å². The molecule has 92 valence electrons. The first-order valence-electron chi connectivity index (χ1n) is 5.66. The van der Waals surface area contributed by atoms with E-state index in [0.717, 1.165) is 11.8 Å². The molecule has 1 atom stereocenters. The highest BCUT2D eigenvalue weighted by atomic mass is 14.1. The van der Waals surface area contributed by atoms with Gasteiger partial charge in [0, 0.05) is 0 Å². The Morgan fingerprint density at radius 2 is 1.21 bits per heavy atom. The predicted octanol–water partition coefficient (Wildman–Crippen LogP) is 6.16. The van der Waals surface area contributed by atoms with Crippen LogP contribution in [0.25, 0.3) is 0 Å². The predicted molar refractivity (Wildman–Crippen MR) is 73.0 cm³/mol. The fourth-order valence-corrected chi connectivity index (χ4v) is 1.25. The third-order valence-corrected chi connectivity index (χ3v) is 2.02. The van der Waals surface area contributed by atoms with Crippen molar-refractivity contribution in [3.8, 4) is 0 Å². The third kappa shape index (κ3) is 22.7. The third-order valence-electron chi connectivity index (χ3n) is 2.02. The van der Waals surface area contributed by atoms with Crippen LogP contribution in [0.4, 0.5) is 0 Å². The Morgan fingerprint density at radius 3 is 1.50 bits per heavy atom. The van der Waals surface area contributed by atoms with Gasteiger partial charge in [-0.25, -0.2) is 0 Å². The lowest BCUT2D eigenvalue weighted by atomic mass is 9.96. The maximum Gasteiger partial charge on any atom is -0.0443 e. The second-order valence-electron chi connectivity index (χ2n) is 3.87. The Bertz CT molecular complexity index is 64.4. The zero-order valence-electron chi connectivity index (χ0n) is 9.98. The van der Waals surface area contributed by atoms with Crippen LogP contribution in [0.2, 0.25) is 0 Å². The van der Waals surface area contributed by atoms with Gasteiger partial charge in [-0.3, -0.25) is 0 Å². The molecule has 0 rings (SSSR count). The molecule has 0 heterocycles. The molecule has 0 saturated carbocycles. The molecular formula is C14H36. The smallest absolute Gasteiger partial charge is 0.0443 e. The minimum atomic E-state index is 0. The summed E-state index contributed by atoms with van der Waals surface area (Å²) >= 11 is 0. The van der Waals surface area contributed by atoms with Crippen LogP contribution in [0.15, 0.2) is 0 Å². The summed E-state index contributed by atoms with van der Waals surface area (Å²) in [6, 6.07) is 0. The van der Waals surface area contributed by atoms with Gasteiger partial charge in [-0.1, -0.05) is 82.1 Å². The molecule has 0 fully saturated rings. The largest absolute Gasteiger partial charge is 0.0776 e. The molecule has 1 unspecified atom stereocenters. The van der Waals surface area contributed by atoms with Crippen molar-refractivity contribution in [3.63, 3.8) is 0 Å². The molecule has 0 aliphatic rings. The van der Waals surface area contributed by atoms with E-state index >= 15 is 0 Å². The average molecular weight is 204 g/mol. The molecule has 0 saturated heterocycles. The summed E-state index contributed by atoms with van der Waals surface area (Å²) in [6.45, 7) is 13.2. The van der Waals surface area contributed by atoms with Crippen molar-refractivity contribution in [2.75, 3.05) is 0 Å². The summed E-state index contributed by atoms with van der Waals surface area (Å²) in [5, 5.41) is 0. The zero-order chi connectivity index (χ0) is 9.98. The fraction of sp³-hybridized carbons (Fsp3) is 1.00. The highest BCUT2D eigenvalue weighted by molar-refractivity contribution is 4.54. The molecule has 0 aliphatic carbocycles. The van der Waals surface area contributed by atoms with Crippen LogP contribution in [-0.4, -0.2) is 0 Å². The number of rotatable bonds is 5. The van der Waals surface area contributed by atoms with Gasteiger partial charge in [-0.05, 0) is 11.8 Å². The summed E-state index contributed by atoms with van der Waals surface area (Å²) < 4.78 is 0. The molecule has 0 aliphatic heterocycles. The summed E-state index contributed by atoms with van der Waals surface area (Å²) in [6.07, 6.45) is 5.58. The van der Waals surface area contributed by atoms with Crippen molar-refractivity contribution in [1.82, 2.24) is 0 Å². The van der Waals surface area contributed by atoms with E-state index in [9.17, 15) is 0 Å². The Hall–Kier alpha value is 0. The molecule has 0 N–H and O–H groups in total. The van der Waals surface area contributed by atoms with Crippen LogP contribution >= 0.6 is 0 Å². The first kappa shape index (κ1) is 23.7. The molecule has 14 heavy (non-hydrogen) atoms. The standard InChI is InChI=1S/C10H22.C2H6.2CH4/c1-5-6-10(4)8-7-9(2)3;1-2;;/h9-10H,5-8H2,1-4H3;1-2H3;2*1H4. The first-order valence-corrected chi connectivity index (χ1v) is 5.66. The van der Waals surface area contributed by atoms with Gasteiger partial charge in [-0.2, -0.15) is 0 Å². The summed E-state index contributed by atoms with van der Waals surface area (Å²) in [5.41, 5.74) is 0. The minimum Gasteiger partial charge on any atom is -0.0776 e. The van der Waals surface area contributed by atoms with Crippen LogP contribution in [0.3, 0.4) is 0 Å². The molecule has 0 aromatic carbocycles. The van der Waals surface area contributed by atoms with Gasteiger partial charge in [0.1, 0.15) is 0 Å². The van der Waals surface area contributed by atoms with Crippen molar-refractivity contribution in [1.29, 1.82) is 0 Å². The summed E-state index contributed by atoms with van der Waals surface area (Å²) in [4.78, 5) is 0. The van der Waals surface area contributed by atoms with Crippen molar-refractivity contribution >= 4 is 0 Å². The van der Waals surface area contributed by atoms with Crippen LogP contribution in [0, 0.1) is 11.8 Å². The average Bonchev–Trinajstić information content (AvgIpc) is 2.05. The molecule has 0 spiro atoms. The van der Waals surface area contributed by atoms with Crippen LogP contribution < -0.4 is 0 Å². The van der Waals surface area contributed by atoms with Crippen molar-refractivity contribution in [2.45, 2.75) is 82.1 Å². The van der Waals surface area contributed by atoms with Gasteiger partial charge in [0.2, 0.25) is 0 Å². The lowest BCUT2D eigenvalue weighted by Gasteiger charge is -2.10. The minimum absolute atomic E-state index is 0. The Kier molecular flexibility index (Phi) is 31.6. The van der Waals surface area contributed by atoms with E-state index in [1.807, 2.05) is 13.8 Å². The monoisotopic (exact) mass is 204 g/mol. The lowest BCUT2D eigenvalue weighted by Crippen LogP contribution is -1.96. The second kappa shape index (κ2) is 18.7. The highest BCUT2D eigenvalue weighted by Crippen LogP contribution is 2.15. The normalized spacial score (nSPS) is 10.5. The Labute approximate surface area is 94.5 Å². The van der Waals surface area contributed by atoms with Crippen molar-refractivity contribution < 1.29 is 0 Å². The molecule has 0 aromatic rings. The fourth-order valence-electron chi connectivity index (χ4n) is 1.25. The van der Waals surface area contributed by atoms with E-state index in [1.165, 1.54) is 25.7 Å². The Balaban J connectivity index is -0.000000117. The van der Waals surface area contributed by atoms with Crippen LogP contribution in [0.5, 0.6) is 0 Å². The van der Waals surface area contributed by atoms with Gasteiger partial charge in [0.15, 0.2) is 0 Å². The highest BCUT2D eigenvalue weighted by Gasteiger charge is 2.01. The second-order valence-corrected chi connectivity index (χ2v) is 3.87. The molecule has 0 radical (unpaired) electrons. The van der Waals surface area contributed by atoms with Gasteiger partial charge in [0.05, 0.1) is 0 Å². The zero-order valence-corrected chi connectivity index (χ0v) is 9.98. The number of hydrogen-bond donors (Lipinski definition) is 0. The van der Waals surface area contributed by atoms with Crippen LogP contribution in [0.1, 0.15) is 82.1 Å². The maximum absolute atomic E-state index is 2.37. The Morgan fingerprint density at radius 1 is 0.786 bits per heavy atom. The van der Waals surface area contributed by atoms with Gasteiger partial charge in [0.25, 0.3) is 0 Å². The topological polar surface area (TPSA) is 0 Å². The van der Waals surface area contributed by atoms with E-state index in [2.05, 4.69) is 27.7 Å². The molecule has 0 nitrogen and oxygen atoms in total. The molecular weight excluding hydrogens is 168 g/mol. The van der Waals surface area contributed by atoms with E-state index < -0.39 is 0 Å². The quantitative estimate of drug-likeness (QED) is 0.503. The SMILES string of the molecule is C.C.CC.CCCC(C)CCC(C)C. The number of hydrogen-bond acceptors (Lipinski definition) is 0. The first-order chi connectivity index (χ1) is 5.66. The lowest BCUT2D eigenvalue weighted by molar-refractivity contribution is 0.425. The van der Waals surface area contributed by atoms with Gasteiger partial charge < -0.3 is 0 Å². The van der Waals surface area contributed by atoms with Gasteiger partial charge >= 0.3 is 0 Å². The summed E-state index contributed by atoms with van der Waals surface area (Å²) in [7, 11) is 0. The van der Waals surface area contributed by atoms with Crippen LogP contribution in [-0.2, 0) is 0 Å².